The van der Waals surface area contributed by atoms with Crippen LogP contribution in [-0.4, -0.2) is 5.97 Å². The van der Waals surface area contributed by atoms with E-state index in [9.17, 15) is 9.90 Å². The fourth-order valence-corrected chi connectivity index (χ4v) is 0.850. The number of carboxylic acids is 1. The minimum atomic E-state index is -1.20. The van der Waals surface area contributed by atoms with Crippen LogP contribution < -0.4 is 5.11 Å². The minimum absolute atomic E-state index is 0.136. The Morgan fingerprint density at radius 3 is 2.42 bits per heavy atom. The lowest BCUT2D eigenvalue weighted by Crippen LogP contribution is -2.21. The van der Waals surface area contributed by atoms with Gasteiger partial charge in [-0.05, 0) is 11.1 Å². The molecule has 60 valence electrons. The van der Waals surface area contributed by atoms with Crippen LogP contribution in [0.5, 0.6) is 0 Å². The summed E-state index contributed by atoms with van der Waals surface area (Å²) in [5, 5.41) is 18.6. The van der Waals surface area contributed by atoms with Gasteiger partial charge in [-0.25, -0.2) is 0 Å². The number of carbonyl (C=O) groups excluding carboxylic acids is 1. The first-order valence-electron chi connectivity index (χ1n) is 3.41. The second kappa shape index (κ2) is 3.54. The number of hydrogen-bond acceptors (Lipinski definition) is 3. The van der Waals surface area contributed by atoms with E-state index in [0.717, 1.165) is 5.56 Å². The number of aromatic carboxylic acids is 1. The van der Waals surface area contributed by atoms with Gasteiger partial charge in [-0.1, -0.05) is 24.3 Å². The summed E-state index contributed by atoms with van der Waals surface area (Å²) in [7, 11) is 0. The molecule has 0 bridgehead atoms. The standard InChI is InChI=1S/C9H7NO2/c10-6-5-7-1-3-8(4-2-7)9(11)12/h1-4H,5H2,(H,11,12)/p-1. The molecule has 0 radical (unpaired) electrons. The number of rotatable bonds is 2. The van der Waals surface area contributed by atoms with Gasteiger partial charge in [0, 0.05) is 0 Å². The highest BCUT2D eigenvalue weighted by molar-refractivity contribution is 5.85. The molecule has 1 rings (SSSR count). The third-order valence-corrected chi connectivity index (χ3v) is 1.47. The molecule has 1 aromatic rings. The molecular weight excluding hydrogens is 154 g/mol. The van der Waals surface area contributed by atoms with E-state index < -0.39 is 5.97 Å². The fourth-order valence-electron chi connectivity index (χ4n) is 0.850. The van der Waals surface area contributed by atoms with Crippen LogP contribution in [0.2, 0.25) is 0 Å². The molecular formula is C9H6NO2-. The highest BCUT2D eigenvalue weighted by Gasteiger charge is 1.93. The SMILES string of the molecule is N#CCc1ccc(C(=O)[O-])cc1. The molecule has 0 amide bonds. The van der Waals surface area contributed by atoms with Crippen molar-refractivity contribution in [2.24, 2.45) is 0 Å². The number of benzene rings is 1. The van der Waals surface area contributed by atoms with Gasteiger partial charge in [0.1, 0.15) is 0 Å². The van der Waals surface area contributed by atoms with Crippen molar-refractivity contribution in [1.82, 2.24) is 0 Å². The Bertz CT molecular complexity index is 321. The third kappa shape index (κ3) is 1.83. The maximum atomic E-state index is 10.3. The van der Waals surface area contributed by atoms with Gasteiger partial charge in [0.15, 0.2) is 0 Å². The van der Waals surface area contributed by atoms with Gasteiger partial charge in [0.2, 0.25) is 0 Å². The van der Waals surface area contributed by atoms with Gasteiger partial charge in [0.05, 0.1) is 18.5 Å². The lowest BCUT2D eigenvalue weighted by atomic mass is 10.1. The van der Waals surface area contributed by atoms with Crippen molar-refractivity contribution < 1.29 is 9.90 Å². The number of nitriles is 1. The van der Waals surface area contributed by atoms with E-state index in [4.69, 9.17) is 5.26 Å². The fraction of sp³-hybridized carbons (Fsp3) is 0.111. The highest BCUT2D eigenvalue weighted by Crippen LogP contribution is 2.03. The van der Waals surface area contributed by atoms with Crippen LogP contribution in [0.15, 0.2) is 24.3 Å². The molecule has 0 heterocycles. The summed E-state index contributed by atoms with van der Waals surface area (Å²) < 4.78 is 0. The number of hydrogen-bond donors (Lipinski definition) is 0. The van der Waals surface area contributed by atoms with Gasteiger partial charge in [-0.15, -0.1) is 0 Å². The molecule has 12 heavy (non-hydrogen) atoms. The van der Waals surface area contributed by atoms with Gasteiger partial charge in [0.25, 0.3) is 0 Å². The van der Waals surface area contributed by atoms with Crippen molar-refractivity contribution in [3.63, 3.8) is 0 Å². The quantitative estimate of drug-likeness (QED) is 0.617. The van der Waals surface area contributed by atoms with E-state index in [1.165, 1.54) is 12.1 Å². The molecule has 3 nitrogen and oxygen atoms in total. The summed E-state index contributed by atoms with van der Waals surface area (Å²) in [5.41, 5.74) is 0.944. The van der Waals surface area contributed by atoms with Crippen molar-refractivity contribution >= 4 is 5.97 Å². The van der Waals surface area contributed by atoms with Crippen LogP contribution in [0.1, 0.15) is 15.9 Å². The first-order chi connectivity index (χ1) is 5.74. The van der Waals surface area contributed by atoms with Gasteiger partial charge in [-0.2, -0.15) is 5.26 Å². The number of carbonyl (C=O) groups is 1. The molecule has 0 saturated heterocycles. The van der Waals surface area contributed by atoms with Crippen LogP contribution in [0.4, 0.5) is 0 Å². The Morgan fingerprint density at radius 1 is 1.42 bits per heavy atom. The first kappa shape index (κ1) is 8.28. The largest absolute Gasteiger partial charge is 0.545 e. The second-order valence-corrected chi connectivity index (χ2v) is 2.32. The van der Waals surface area contributed by atoms with Crippen LogP contribution in [0.3, 0.4) is 0 Å². The van der Waals surface area contributed by atoms with Crippen LogP contribution >= 0.6 is 0 Å². The molecule has 0 spiro atoms. The Hall–Kier alpha value is -1.82. The molecule has 0 aliphatic carbocycles. The van der Waals surface area contributed by atoms with Crippen molar-refractivity contribution in [3.05, 3.63) is 35.4 Å². The summed E-state index contributed by atoms with van der Waals surface area (Å²) in [4.78, 5) is 10.3. The molecule has 3 heteroatoms. The number of carboxylic acid groups (broad SMARTS) is 1. The molecule has 0 unspecified atom stereocenters. The third-order valence-electron chi connectivity index (χ3n) is 1.47. The molecule has 0 aromatic heterocycles. The zero-order chi connectivity index (χ0) is 8.97. The zero-order valence-corrected chi connectivity index (χ0v) is 6.28. The van der Waals surface area contributed by atoms with Gasteiger partial charge in [-0.3, -0.25) is 0 Å². The average Bonchev–Trinajstić information content (AvgIpc) is 2.06. The average molecular weight is 160 g/mol. The van der Waals surface area contributed by atoms with E-state index in [2.05, 4.69) is 0 Å². The maximum absolute atomic E-state index is 10.3. The molecule has 0 fully saturated rings. The zero-order valence-electron chi connectivity index (χ0n) is 6.28. The molecule has 0 aliphatic rings. The normalized spacial score (nSPS) is 8.92. The van der Waals surface area contributed by atoms with Crippen molar-refractivity contribution in [3.8, 4) is 6.07 Å². The topological polar surface area (TPSA) is 63.9 Å². The Morgan fingerprint density at radius 2 is 2.00 bits per heavy atom. The lowest BCUT2D eigenvalue weighted by molar-refractivity contribution is -0.255. The molecule has 0 N–H and O–H groups in total. The monoisotopic (exact) mass is 160 g/mol. The minimum Gasteiger partial charge on any atom is -0.545 e. The predicted octanol–water partition coefficient (Wildman–Crippen LogP) is 0.116. The Labute approximate surface area is 69.9 Å². The van der Waals surface area contributed by atoms with E-state index in [1.807, 2.05) is 6.07 Å². The summed E-state index contributed by atoms with van der Waals surface area (Å²) in [6.45, 7) is 0. The Kier molecular flexibility index (Phi) is 2.44. The predicted molar refractivity (Wildman–Crippen MR) is 40.1 cm³/mol. The van der Waals surface area contributed by atoms with Crippen molar-refractivity contribution in [2.75, 3.05) is 0 Å². The smallest absolute Gasteiger partial charge is 0.0715 e. The van der Waals surface area contributed by atoms with E-state index in [-0.39, 0.29) is 5.56 Å². The van der Waals surface area contributed by atoms with Crippen molar-refractivity contribution in [1.29, 1.82) is 5.26 Å². The van der Waals surface area contributed by atoms with E-state index >= 15 is 0 Å². The summed E-state index contributed by atoms with van der Waals surface area (Å²) in [6, 6.07) is 8.05. The van der Waals surface area contributed by atoms with Gasteiger partial charge >= 0.3 is 0 Å². The van der Waals surface area contributed by atoms with Crippen LogP contribution in [0.25, 0.3) is 0 Å². The molecule has 0 aliphatic heterocycles. The van der Waals surface area contributed by atoms with Crippen molar-refractivity contribution in [2.45, 2.75) is 6.42 Å². The van der Waals surface area contributed by atoms with Gasteiger partial charge < -0.3 is 9.90 Å². The lowest BCUT2D eigenvalue weighted by Gasteiger charge is -2.01. The summed E-state index contributed by atoms with van der Waals surface area (Å²) in [6.07, 6.45) is 0.299. The van der Waals surface area contributed by atoms with E-state index in [1.54, 1.807) is 12.1 Å². The number of nitrogens with zero attached hydrogens (tertiary/aromatic N) is 1. The van der Waals surface area contributed by atoms with Crippen LogP contribution in [0, 0.1) is 11.3 Å². The highest BCUT2D eigenvalue weighted by atomic mass is 16.4. The second-order valence-electron chi connectivity index (χ2n) is 2.32. The molecule has 1 aromatic carbocycles. The maximum Gasteiger partial charge on any atom is 0.0715 e. The summed E-state index contributed by atoms with van der Waals surface area (Å²) >= 11 is 0. The van der Waals surface area contributed by atoms with E-state index in [0.29, 0.717) is 6.42 Å². The molecule has 0 saturated carbocycles. The van der Waals surface area contributed by atoms with Crippen LogP contribution in [-0.2, 0) is 6.42 Å². The Balaban J connectivity index is 2.87. The summed E-state index contributed by atoms with van der Waals surface area (Å²) in [5.74, 6) is -1.20. The first-order valence-corrected chi connectivity index (χ1v) is 3.41. The molecule has 0 atom stereocenters.